The number of hydrogen-bond donors (Lipinski definition) is 0. The molecule has 0 radical (unpaired) electrons. The molecule has 1 aromatic heterocycles. The van der Waals surface area contributed by atoms with E-state index in [9.17, 15) is 3.89 Å². The zero-order valence-electron chi connectivity index (χ0n) is 16.0. The summed E-state index contributed by atoms with van der Waals surface area (Å²) in [5.41, 5.74) is 5.11. The van der Waals surface area contributed by atoms with Crippen molar-refractivity contribution in [2.24, 2.45) is 0 Å². The van der Waals surface area contributed by atoms with Crippen molar-refractivity contribution >= 4 is 17.8 Å². The molecular weight excluding hydrogens is 347 g/mol. The van der Waals surface area contributed by atoms with E-state index in [1.807, 2.05) is 39.1 Å². The number of hydrogen-bond acceptors (Lipinski definition) is 4. The van der Waals surface area contributed by atoms with Crippen molar-refractivity contribution in [2.75, 3.05) is 25.1 Å². The summed E-state index contributed by atoms with van der Waals surface area (Å²) in [6, 6.07) is 8.17. The number of benzene rings is 1. The maximum Gasteiger partial charge on any atom is 0.119 e. The highest BCUT2D eigenvalue weighted by molar-refractivity contribution is 7.95. The van der Waals surface area contributed by atoms with Gasteiger partial charge in [-0.05, 0) is 68.5 Å². The monoisotopic (exact) mass is 374 g/mol. The first-order chi connectivity index (χ1) is 12.5. The maximum absolute atomic E-state index is 14.0. The van der Waals surface area contributed by atoms with Crippen molar-refractivity contribution in [3.63, 3.8) is 0 Å². The van der Waals surface area contributed by atoms with E-state index in [4.69, 9.17) is 4.74 Å². The molecule has 3 rings (SSSR count). The predicted molar refractivity (Wildman–Crippen MR) is 109 cm³/mol. The first kappa shape index (κ1) is 19.0. The molecule has 26 heavy (non-hydrogen) atoms. The van der Waals surface area contributed by atoms with Crippen LogP contribution in [0.5, 0.6) is 5.75 Å². The van der Waals surface area contributed by atoms with Crippen molar-refractivity contribution in [3.8, 4) is 17.0 Å². The molecule has 140 valence electrons. The van der Waals surface area contributed by atoms with Gasteiger partial charge in [0, 0.05) is 30.5 Å². The summed E-state index contributed by atoms with van der Waals surface area (Å²) in [6.45, 7) is 8.18. The summed E-state index contributed by atoms with van der Waals surface area (Å²) < 4.78 is 18.8. The average Bonchev–Trinajstić information content (AvgIpc) is 3.21. The molecule has 1 atom stereocenters. The molecule has 0 aliphatic carbocycles. The average molecular weight is 375 g/mol. The smallest absolute Gasteiger partial charge is 0.119 e. The van der Waals surface area contributed by atoms with E-state index in [-0.39, 0.29) is 0 Å². The largest absolute Gasteiger partial charge is 0.497 e. The van der Waals surface area contributed by atoms with Gasteiger partial charge in [0.1, 0.15) is 5.75 Å². The molecule has 1 aliphatic heterocycles. The van der Waals surface area contributed by atoms with Gasteiger partial charge in [0.25, 0.3) is 0 Å². The molecule has 2 heterocycles. The zero-order chi connectivity index (χ0) is 18.7. The van der Waals surface area contributed by atoms with Crippen LogP contribution < -0.4 is 9.64 Å². The Morgan fingerprint density at radius 1 is 1.27 bits per heavy atom. The third-order valence-corrected chi connectivity index (χ3v) is 6.28. The molecule has 1 aliphatic rings. The lowest BCUT2D eigenvalue weighted by Gasteiger charge is -2.28. The van der Waals surface area contributed by atoms with Gasteiger partial charge in [-0.1, -0.05) is 6.92 Å². The van der Waals surface area contributed by atoms with E-state index in [2.05, 4.69) is 22.0 Å². The SMILES string of the molecule is CCC(C)(SF)c1cc(OC)cc(C)c1-c1cc(N2CCCC2)ccn1. The number of ether oxygens (including phenoxy) is 1. The third kappa shape index (κ3) is 3.54. The minimum absolute atomic E-state index is 0.398. The fourth-order valence-electron chi connectivity index (χ4n) is 3.64. The summed E-state index contributed by atoms with van der Waals surface area (Å²) in [5, 5.41) is 0. The Kier molecular flexibility index (Phi) is 5.76. The van der Waals surface area contributed by atoms with Crippen LogP contribution in [0.4, 0.5) is 9.57 Å². The molecular formula is C21H27FN2OS. The van der Waals surface area contributed by atoms with Crippen LogP contribution in [0.2, 0.25) is 0 Å². The van der Waals surface area contributed by atoms with Gasteiger partial charge in [-0.15, -0.1) is 0 Å². The molecule has 5 heteroatoms. The van der Waals surface area contributed by atoms with E-state index in [1.54, 1.807) is 7.11 Å². The number of rotatable bonds is 6. The van der Waals surface area contributed by atoms with Crippen molar-refractivity contribution in [1.29, 1.82) is 0 Å². The second kappa shape index (κ2) is 7.87. The zero-order valence-corrected chi connectivity index (χ0v) is 16.8. The molecule has 2 aromatic rings. The van der Waals surface area contributed by atoms with Crippen LogP contribution in [0.25, 0.3) is 11.3 Å². The lowest BCUT2D eigenvalue weighted by Crippen LogP contribution is -2.19. The Morgan fingerprint density at radius 3 is 2.62 bits per heavy atom. The number of anilines is 1. The van der Waals surface area contributed by atoms with Crippen LogP contribution >= 0.6 is 12.1 Å². The first-order valence-electron chi connectivity index (χ1n) is 9.22. The summed E-state index contributed by atoms with van der Waals surface area (Å²) >= 11 is 0.398. The van der Waals surface area contributed by atoms with Gasteiger partial charge in [-0.2, -0.15) is 3.89 Å². The van der Waals surface area contributed by atoms with Crippen LogP contribution in [0, 0.1) is 6.92 Å². The van der Waals surface area contributed by atoms with E-state index in [1.165, 1.54) is 18.5 Å². The second-order valence-electron chi connectivity index (χ2n) is 7.12. The number of nitrogens with zero attached hydrogens (tertiary/aromatic N) is 2. The predicted octanol–water partition coefficient (Wildman–Crippen LogP) is 5.91. The molecule has 0 saturated carbocycles. The van der Waals surface area contributed by atoms with Gasteiger partial charge < -0.3 is 9.64 Å². The van der Waals surface area contributed by atoms with Gasteiger partial charge >= 0.3 is 0 Å². The van der Waals surface area contributed by atoms with Crippen molar-refractivity contribution < 1.29 is 8.62 Å². The maximum atomic E-state index is 14.0. The fourth-order valence-corrected chi connectivity index (χ4v) is 4.00. The molecule has 1 unspecified atom stereocenters. The second-order valence-corrected chi connectivity index (χ2v) is 8.18. The fraction of sp³-hybridized carbons (Fsp3) is 0.476. The molecule has 1 aromatic carbocycles. The third-order valence-electron chi connectivity index (χ3n) is 5.43. The van der Waals surface area contributed by atoms with Crippen LogP contribution in [-0.4, -0.2) is 25.2 Å². The quantitative estimate of drug-likeness (QED) is 0.628. The molecule has 0 bridgehead atoms. The van der Waals surface area contributed by atoms with E-state index in [0.717, 1.165) is 41.2 Å². The number of aromatic nitrogens is 1. The summed E-state index contributed by atoms with van der Waals surface area (Å²) in [5.74, 6) is 0.755. The van der Waals surface area contributed by atoms with Gasteiger partial charge in [0.2, 0.25) is 0 Å². The normalized spacial score (nSPS) is 16.6. The van der Waals surface area contributed by atoms with E-state index in [0.29, 0.717) is 18.6 Å². The minimum Gasteiger partial charge on any atom is -0.497 e. The summed E-state index contributed by atoms with van der Waals surface area (Å²) in [7, 11) is 1.65. The first-order valence-corrected chi connectivity index (χ1v) is 9.94. The Bertz CT molecular complexity index is 771. The number of pyridine rings is 1. The molecule has 1 fully saturated rings. The topological polar surface area (TPSA) is 25.4 Å². The molecule has 1 saturated heterocycles. The van der Waals surface area contributed by atoms with E-state index >= 15 is 0 Å². The van der Waals surface area contributed by atoms with Crippen LogP contribution in [0.15, 0.2) is 30.5 Å². The summed E-state index contributed by atoms with van der Waals surface area (Å²) in [4.78, 5) is 7.04. The number of methoxy groups -OCH3 is 1. The Morgan fingerprint density at radius 2 is 2.00 bits per heavy atom. The lowest BCUT2D eigenvalue weighted by atomic mass is 9.88. The van der Waals surface area contributed by atoms with Crippen molar-refractivity contribution in [3.05, 3.63) is 41.6 Å². The van der Waals surface area contributed by atoms with Crippen LogP contribution in [-0.2, 0) is 4.75 Å². The Hall–Kier alpha value is -1.75. The molecule has 0 spiro atoms. The highest BCUT2D eigenvalue weighted by Crippen LogP contribution is 2.46. The van der Waals surface area contributed by atoms with Gasteiger partial charge in [-0.25, -0.2) is 0 Å². The van der Waals surface area contributed by atoms with Gasteiger partial charge in [-0.3, -0.25) is 4.98 Å². The highest BCUT2D eigenvalue weighted by atomic mass is 32.2. The van der Waals surface area contributed by atoms with Crippen molar-refractivity contribution in [2.45, 2.75) is 44.8 Å². The number of halogens is 1. The van der Waals surface area contributed by atoms with E-state index < -0.39 is 4.75 Å². The molecule has 0 amide bonds. The summed E-state index contributed by atoms with van der Waals surface area (Å²) in [6.07, 6.45) is 5.01. The Balaban J connectivity index is 2.16. The molecule has 0 N–H and O–H groups in total. The van der Waals surface area contributed by atoms with Crippen LogP contribution in [0.3, 0.4) is 0 Å². The highest BCUT2D eigenvalue weighted by Gasteiger charge is 2.31. The standard InChI is InChI=1S/C21H27FN2OS/c1-5-21(3,26-22)18-14-17(25-4)12-15(2)20(18)19-13-16(8-9-23-19)24-10-6-7-11-24/h8-9,12-14H,5-7,10-11H2,1-4H3. The van der Waals surface area contributed by atoms with Crippen LogP contribution in [0.1, 0.15) is 44.2 Å². The van der Waals surface area contributed by atoms with Gasteiger partial charge in [0.05, 0.1) is 29.7 Å². The number of aryl methyl sites for hydroxylation is 1. The van der Waals surface area contributed by atoms with Crippen molar-refractivity contribution in [1.82, 2.24) is 4.98 Å². The minimum atomic E-state index is -0.639. The Labute approximate surface area is 160 Å². The lowest BCUT2D eigenvalue weighted by molar-refractivity contribution is 0.413. The van der Waals surface area contributed by atoms with Gasteiger partial charge in [0.15, 0.2) is 0 Å². The molecule has 3 nitrogen and oxygen atoms in total.